The number of rotatable bonds is 10. The molecule has 0 aliphatic rings. The first-order chi connectivity index (χ1) is 14.0. The molecule has 4 unspecified atom stereocenters. The van der Waals surface area contributed by atoms with Gasteiger partial charge in [0, 0.05) is 11.6 Å². The fourth-order valence-electron chi connectivity index (χ4n) is 3.87. The maximum absolute atomic E-state index is 12.3. The summed E-state index contributed by atoms with van der Waals surface area (Å²) in [6, 6.07) is 7.88. The van der Waals surface area contributed by atoms with Gasteiger partial charge in [-0.05, 0) is 61.4 Å². The maximum atomic E-state index is 12.3. The van der Waals surface area contributed by atoms with E-state index < -0.39 is 6.36 Å². The first-order valence-corrected chi connectivity index (χ1v) is 10.9. The van der Waals surface area contributed by atoms with Crippen molar-refractivity contribution in [1.82, 2.24) is 9.78 Å². The summed E-state index contributed by atoms with van der Waals surface area (Å²) >= 11 is 0. The second-order valence-corrected chi connectivity index (χ2v) is 8.85. The van der Waals surface area contributed by atoms with Crippen LogP contribution in [-0.4, -0.2) is 16.1 Å². The van der Waals surface area contributed by atoms with Crippen LogP contribution in [0.4, 0.5) is 13.2 Å². The molecule has 168 valence electrons. The Balaban J connectivity index is 1.99. The number of nitrogens with zero attached hydrogens (tertiary/aromatic N) is 2. The minimum Gasteiger partial charge on any atom is -0.406 e. The lowest BCUT2D eigenvalue weighted by atomic mass is 9.84. The normalized spacial score (nSPS) is 16.2. The topological polar surface area (TPSA) is 27.1 Å². The van der Waals surface area contributed by atoms with Crippen LogP contribution in [0.25, 0.3) is 5.69 Å². The third kappa shape index (κ3) is 7.06. The Hall–Kier alpha value is -1.98. The van der Waals surface area contributed by atoms with Gasteiger partial charge >= 0.3 is 6.36 Å². The van der Waals surface area contributed by atoms with E-state index in [0.29, 0.717) is 11.8 Å². The molecule has 2 aromatic rings. The Labute approximate surface area is 178 Å². The van der Waals surface area contributed by atoms with Gasteiger partial charge in [0.05, 0.1) is 11.4 Å². The van der Waals surface area contributed by atoms with Gasteiger partial charge in [-0.1, -0.05) is 53.9 Å². The average Bonchev–Trinajstić information content (AvgIpc) is 3.06. The monoisotopic (exact) mass is 424 g/mol. The lowest BCUT2D eigenvalue weighted by Gasteiger charge is -2.21. The molecule has 4 atom stereocenters. The third-order valence-corrected chi connectivity index (χ3v) is 6.21. The molecule has 0 spiro atoms. The van der Waals surface area contributed by atoms with Crippen molar-refractivity contribution in [2.24, 2.45) is 17.8 Å². The van der Waals surface area contributed by atoms with Crippen LogP contribution in [-0.2, 0) is 0 Å². The average molecular weight is 425 g/mol. The van der Waals surface area contributed by atoms with Gasteiger partial charge in [0.1, 0.15) is 5.75 Å². The van der Waals surface area contributed by atoms with E-state index in [0.717, 1.165) is 35.3 Å². The molecule has 0 saturated carbocycles. The highest BCUT2D eigenvalue weighted by molar-refractivity contribution is 5.38. The maximum Gasteiger partial charge on any atom is 0.573 e. The third-order valence-electron chi connectivity index (χ3n) is 6.21. The van der Waals surface area contributed by atoms with Gasteiger partial charge < -0.3 is 4.74 Å². The lowest BCUT2D eigenvalue weighted by molar-refractivity contribution is -0.274. The predicted octanol–water partition coefficient (Wildman–Crippen LogP) is 7.67. The number of benzene rings is 1. The fourth-order valence-corrected chi connectivity index (χ4v) is 3.87. The Morgan fingerprint density at radius 3 is 2.20 bits per heavy atom. The van der Waals surface area contributed by atoms with Crippen LogP contribution >= 0.6 is 0 Å². The first kappa shape index (κ1) is 24.3. The number of aryl methyl sites for hydroxylation is 1. The lowest BCUT2D eigenvalue weighted by Crippen LogP contribution is -2.17. The molecule has 0 fully saturated rings. The van der Waals surface area contributed by atoms with E-state index in [1.807, 2.05) is 6.92 Å². The van der Waals surface area contributed by atoms with Gasteiger partial charge in [0.25, 0.3) is 0 Å². The number of aromatic nitrogens is 2. The van der Waals surface area contributed by atoms with Crippen molar-refractivity contribution in [3.8, 4) is 11.4 Å². The molecule has 0 bridgehead atoms. The second kappa shape index (κ2) is 10.4. The smallest absolute Gasteiger partial charge is 0.406 e. The summed E-state index contributed by atoms with van der Waals surface area (Å²) in [5.74, 6) is 2.23. The molecule has 0 aliphatic heterocycles. The summed E-state index contributed by atoms with van der Waals surface area (Å²) < 4.78 is 42.7. The van der Waals surface area contributed by atoms with Gasteiger partial charge in [0.2, 0.25) is 0 Å². The Kier molecular flexibility index (Phi) is 8.39. The first-order valence-electron chi connectivity index (χ1n) is 10.9. The standard InChI is InChI=1S/C24H35F3N2O/c1-7-17(3)18(4)9-8-16(2)14-19(5)23-15-20(6)29(28-23)21-10-12-22(13-11-21)30-24(25,26)27/h10-13,15-19H,7-9,14H2,1-6H3. The number of ether oxygens (including phenoxy) is 1. The van der Waals surface area contributed by atoms with E-state index in [-0.39, 0.29) is 5.75 Å². The summed E-state index contributed by atoms with van der Waals surface area (Å²) in [6.07, 6.45) is 0.0850. The second-order valence-electron chi connectivity index (χ2n) is 8.85. The molecule has 0 amide bonds. The van der Waals surface area contributed by atoms with Gasteiger partial charge in [-0.15, -0.1) is 13.2 Å². The van der Waals surface area contributed by atoms with Crippen LogP contribution < -0.4 is 4.74 Å². The zero-order valence-corrected chi connectivity index (χ0v) is 19.0. The van der Waals surface area contributed by atoms with Crippen LogP contribution in [0.3, 0.4) is 0 Å². The quantitative estimate of drug-likeness (QED) is 0.391. The van der Waals surface area contributed by atoms with Crippen molar-refractivity contribution in [3.63, 3.8) is 0 Å². The van der Waals surface area contributed by atoms with E-state index in [2.05, 4.69) is 45.4 Å². The molecule has 1 heterocycles. The number of hydrogen-bond donors (Lipinski definition) is 0. The summed E-state index contributed by atoms with van der Waals surface area (Å²) in [7, 11) is 0. The Morgan fingerprint density at radius 2 is 1.63 bits per heavy atom. The Bertz CT molecular complexity index is 783. The van der Waals surface area contributed by atoms with Gasteiger partial charge in [-0.3, -0.25) is 0 Å². The molecule has 1 aromatic carbocycles. The van der Waals surface area contributed by atoms with Crippen molar-refractivity contribution in [3.05, 3.63) is 41.7 Å². The van der Waals surface area contributed by atoms with E-state index >= 15 is 0 Å². The molecule has 6 heteroatoms. The largest absolute Gasteiger partial charge is 0.573 e. The summed E-state index contributed by atoms with van der Waals surface area (Å²) in [5.41, 5.74) is 2.69. The van der Waals surface area contributed by atoms with E-state index in [4.69, 9.17) is 5.10 Å². The van der Waals surface area contributed by atoms with Crippen LogP contribution in [0, 0.1) is 24.7 Å². The Morgan fingerprint density at radius 1 is 1.00 bits per heavy atom. The fraction of sp³-hybridized carbons (Fsp3) is 0.625. The van der Waals surface area contributed by atoms with Crippen molar-refractivity contribution < 1.29 is 17.9 Å². The zero-order valence-electron chi connectivity index (χ0n) is 19.0. The minimum atomic E-state index is -4.69. The number of alkyl halides is 3. The molecule has 0 aliphatic carbocycles. The molecule has 0 saturated heterocycles. The van der Waals surface area contributed by atoms with Gasteiger partial charge in [-0.25, -0.2) is 4.68 Å². The predicted molar refractivity (Wildman–Crippen MR) is 115 cm³/mol. The summed E-state index contributed by atoms with van der Waals surface area (Å²) in [5, 5.41) is 4.73. The van der Waals surface area contributed by atoms with Crippen LogP contribution in [0.5, 0.6) is 5.75 Å². The molecule has 0 radical (unpaired) electrons. The molecule has 30 heavy (non-hydrogen) atoms. The zero-order chi connectivity index (χ0) is 22.5. The highest BCUT2D eigenvalue weighted by atomic mass is 19.4. The van der Waals surface area contributed by atoms with E-state index in [9.17, 15) is 13.2 Å². The van der Waals surface area contributed by atoms with E-state index in [1.165, 1.54) is 31.4 Å². The highest BCUT2D eigenvalue weighted by Gasteiger charge is 2.31. The molecular weight excluding hydrogens is 389 g/mol. The minimum absolute atomic E-state index is 0.231. The highest BCUT2D eigenvalue weighted by Crippen LogP contribution is 2.29. The molecular formula is C24H35F3N2O. The number of hydrogen-bond acceptors (Lipinski definition) is 2. The summed E-state index contributed by atoms with van der Waals surface area (Å²) in [4.78, 5) is 0. The van der Waals surface area contributed by atoms with Gasteiger partial charge in [-0.2, -0.15) is 5.10 Å². The van der Waals surface area contributed by atoms with Gasteiger partial charge in [0.15, 0.2) is 0 Å². The molecule has 3 nitrogen and oxygen atoms in total. The van der Waals surface area contributed by atoms with Crippen molar-refractivity contribution >= 4 is 0 Å². The van der Waals surface area contributed by atoms with E-state index in [1.54, 1.807) is 16.8 Å². The SMILES string of the molecule is CCC(C)C(C)CCC(C)CC(C)c1cc(C)n(-c2ccc(OC(F)(F)F)cc2)n1. The van der Waals surface area contributed by atoms with Crippen molar-refractivity contribution in [2.45, 2.75) is 79.5 Å². The number of halogens is 3. The van der Waals surface area contributed by atoms with Crippen LogP contribution in [0.15, 0.2) is 30.3 Å². The molecule has 1 aromatic heterocycles. The van der Waals surface area contributed by atoms with Crippen molar-refractivity contribution in [2.75, 3.05) is 0 Å². The van der Waals surface area contributed by atoms with Crippen LogP contribution in [0.1, 0.15) is 77.6 Å². The van der Waals surface area contributed by atoms with Crippen molar-refractivity contribution in [1.29, 1.82) is 0 Å². The molecule has 0 N–H and O–H groups in total. The molecule has 2 rings (SSSR count). The van der Waals surface area contributed by atoms with Crippen LogP contribution in [0.2, 0.25) is 0 Å². The summed E-state index contributed by atoms with van der Waals surface area (Å²) in [6.45, 7) is 13.4.